The van der Waals surface area contributed by atoms with Crippen LogP contribution >= 0.6 is 0 Å². The lowest BCUT2D eigenvalue weighted by molar-refractivity contribution is -0.136. The standard InChI is InChI=1S/C11H6F3NO3/c12-7-2-1-6(9(13)10(7)14)11-15-5(4-18-11)3-8(16)17/h1-2,4H,3H2,(H,16,17). The smallest absolute Gasteiger partial charge is 0.309 e. The van der Waals surface area contributed by atoms with Crippen molar-refractivity contribution in [1.82, 2.24) is 4.98 Å². The first-order valence-electron chi connectivity index (χ1n) is 4.79. The normalized spacial score (nSPS) is 10.6. The zero-order valence-electron chi connectivity index (χ0n) is 8.78. The van der Waals surface area contributed by atoms with Gasteiger partial charge in [-0.1, -0.05) is 0 Å². The topological polar surface area (TPSA) is 63.3 Å². The fraction of sp³-hybridized carbons (Fsp3) is 0.0909. The predicted molar refractivity (Wildman–Crippen MR) is 53.2 cm³/mol. The van der Waals surface area contributed by atoms with Gasteiger partial charge in [-0.05, 0) is 12.1 Å². The quantitative estimate of drug-likeness (QED) is 0.857. The van der Waals surface area contributed by atoms with Crippen molar-refractivity contribution in [2.75, 3.05) is 0 Å². The molecular weight excluding hydrogens is 251 g/mol. The molecule has 0 fully saturated rings. The molecule has 0 aliphatic rings. The Labute approximate surface area is 98.7 Å². The molecule has 0 aliphatic heterocycles. The number of hydrogen-bond donors (Lipinski definition) is 1. The Bertz CT molecular complexity index is 610. The summed E-state index contributed by atoms with van der Waals surface area (Å²) < 4.78 is 43.9. The Morgan fingerprint density at radius 3 is 2.67 bits per heavy atom. The number of benzene rings is 1. The van der Waals surface area contributed by atoms with Crippen LogP contribution in [-0.4, -0.2) is 16.1 Å². The van der Waals surface area contributed by atoms with Gasteiger partial charge in [0.1, 0.15) is 6.26 Å². The van der Waals surface area contributed by atoms with Crippen molar-refractivity contribution in [3.63, 3.8) is 0 Å². The van der Waals surface area contributed by atoms with Gasteiger partial charge in [-0.3, -0.25) is 4.79 Å². The summed E-state index contributed by atoms with van der Waals surface area (Å²) in [5.41, 5.74) is -0.313. The lowest BCUT2D eigenvalue weighted by atomic mass is 10.2. The molecule has 1 N–H and O–H groups in total. The molecule has 0 atom stereocenters. The van der Waals surface area contributed by atoms with Gasteiger partial charge < -0.3 is 9.52 Å². The highest BCUT2D eigenvalue weighted by molar-refractivity contribution is 5.69. The number of halogens is 3. The van der Waals surface area contributed by atoms with E-state index in [0.717, 1.165) is 18.4 Å². The number of aromatic nitrogens is 1. The Balaban J connectivity index is 2.40. The van der Waals surface area contributed by atoms with Gasteiger partial charge in [-0.15, -0.1) is 0 Å². The maximum atomic E-state index is 13.4. The monoisotopic (exact) mass is 257 g/mol. The summed E-state index contributed by atoms with van der Waals surface area (Å²) in [5, 5.41) is 8.52. The Morgan fingerprint density at radius 1 is 1.28 bits per heavy atom. The van der Waals surface area contributed by atoms with Crippen LogP contribution in [0.15, 0.2) is 22.8 Å². The summed E-state index contributed by atoms with van der Waals surface area (Å²) in [5.74, 6) is -5.83. The van der Waals surface area contributed by atoms with Gasteiger partial charge in [-0.25, -0.2) is 18.2 Å². The van der Waals surface area contributed by atoms with E-state index >= 15 is 0 Å². The van der Waals surface area contributed by atoms with Crippen LogP contribution in [-0.2, 0) is 11.2 Å². The van der Waals surface area contributed by atoms with Crippen LogP contribution in [0.5, 0.6) is 0 Å². The van der Waals surface area contributed by atoms with Gasteiger partial charge in [0.25, 0.3) is 0 Å². The van der Waals surface area contributed by atoms with Crippen molar-refractivity contribution in [3.05, 3.63) is 41.5 Å². The van der Waals surface area contributed by atoms with Gasteiger partial charge >= 0.3 is 5.97 Å². The molecule has 94 valence electrons. The minimum absolute atomic E-state index is 0.0571. The SMILES string of the molecule is O=C(O)Cc1coc(-c2ccc(F)c(F)c2F)n1. The average molecular weight is 257 g/mol. The highest BCUT2D eigenvalue weighted by Crippen LogP contribution is 2.25. The van der Waals surface area contributed by atoms with Crippen LogP contribution in [0.4, 0.5) is 13.2 Å². The molecule has 1 aromatic heterocycles. The largest absolute Gasteiger partial charge is 0.481 e. The van der Waals surface area contributed by atoms with Crippen molar-refractivity contribution in [2.24, 2.45) is 0 Å². The number of carboxylic acid groups (broad SMARTS) is 1. The molecule has 1 heterocycles. The molecule has 0 radical (unpaired) electrons. The molecule has 0 bridgehead atoms. The number of hydrogen-bond acceptors (Lipinski definition) is 3. The molecule has 0 amide bonds. The molecule has 4 nitrogen and oxygen atoms in total. The van der Waals surface area contributed by atoms with E-state index < -0.39 is 29.8 Å². The lowest BCUT2D eigenvalue weighted by Gasteiger charge is -1.99. The Hall–Kier alpha value is -2.31. The van der Waals surface area contributed by atoms with Crippen molar-refractivity contribution in [3.8, 4) is 11.5 Å². The van der Waals surface area contributed by atoms with Crippen LogP contribution in [0.2, 0.25) is 0 Å². The summed E-state index contributed by atoms with van der Waals surface area (Å²) in [7, 11) is 0. The van der Waals surface area contributed by atoms with Crippen LogP contribution in [0.1, 0.15) is 5.69 Å². The van der Waals surface area contributed by atoms with E-state index in [-0.39, 0.29) is 17.1 Å². The molecule has 7 heteroatoms. The van der Waals surface area contributed by atoms with Crippen LogP contribution in [0.3, 0.4) is 0 Å². The molecule has 18 heavy (non-hydrogen) atoms. The molecule has 0 aliphatic carbocycles. The van der Waals surface area contributed by atoms with Gasteiger partial charge in [0.05, 0.1) is 17.7 Å². The summed E-state index contributed by atoms with van der Waals surface area (Å²) in [4.78, 5) is 14.1. The zero-order chi connectivity index (χ0) is 13.3. The number of nitrogens with zero attached hydrogens (tertiary/aromatic N) is 1. The minimum atomic E-state index is -1.63. The summed E-state index contributed by atoms with van der Waals surface area (Å²) in [6.07, 6.45) is 0.610. The number of rotatable bonds is 3. The number of carboxylic acids is 1. The molecule has 0 spiro atoms. The fourth-order valence-electron chi connectivity index (χ4n) is 1.36. The summed E-state index contributed by atoms with van der Waals surface area (Å²) in [6.45, 7) is 0. The third-order valence-corrected chi connectivity index (χ3v) is 2.15. The van der Waals surface area contributed by atoms with Crippen molar-refractivity contribution < 1.29 is 27.5 Å². The average Bonchev–Trinajstić information content (AvgIpc) is 2.73. The second-order valence-corrected chi connectivity index (χ2v) is 3.44. The number of carbonyl (C=O) groups is 1. The zero-order valence-corrected chi connectivity index (χ0v) is 8.78. The number of aliphatic carboxylic acids is 1. The van der Waals surface area contributed by atoms with E-state index in [9.17, 15) is 18.0 Å². The van der Waals surface area contributed by atoms with E-state index in [1.807, 2.05) is 0 Å². The lowest BCUT2D eigenvalue weighted by Crippen LogP contribution is -2.00. The molecule has 0 saturated carbocycles. The van der Waals surface area contributed by atoms with E-state index in [1.165, 1.54) is 0 Å². The van der Waals surface area contributed by atoms with Crippen molar-refractivity contribution >= 4 is 5.97 Å². The molecular formula is C11H6F3NO3. The number of oxazole rings is 1. The van der Waals surface area contributed by atoms with Crippen LogP contribution in [0.25, 0.3) is 11.5 Å². The minimum Gasteiger partial charge on any atom is -0.481 e. The third kappa shape index (κ3) is 2.20. The summed E-state index contributed by atoms with van der Waals surface area (Å²) >= 11 is 0. The maximum absolute atomic E-state index is 13.4. The van der Waals surface area contributed by atoms with Gasteiger partial charge in [0.2, 0.25) is 5.89 Å². The Kier molecular flexibility index (Phi) is 3.05. The van der Waals surface area contributed by atoms with E-state index in [2.05, 4.69) is 4.98 Å². The predicted octanol–water partition coefficient (Wildman–Crippen LogP) is 2.39. The van der Waals surface area contributed by atoms with E-state index in [1.54, 1.807) is 0 Å². The van der Waals surface area contributed by atoms with E-state index in [4.69, 9.17) is 9.52 Å². The summed E-state index contributed by atoms with van der Waals surface area (Å²) in [6, 6.07) is 1.69. The van der Waals surface area contributed by atoms with Crippen molar-refractivity contribution in [2.45, 2.75) is 6.42 Å². The van der Waals surface area contributed by atoms with Gasteiger partial charge in [-0.2, -0.15) is 0 Å². The maximum Gasteiger partial charge on any atom is 0.309 e. The molecule has 1 aromatic carbocycles. The first-order valence-corrected chi connectivity index (χ1v) is 4.79. The second kappa shape index (κ2) is 4.52. The molecule has 2 aromatic rings. The molecule has 2 rings (SSSR count). The first-order chi connectivity index (χ1) is 8.49. The first kappa shape index (κ1) is 12.2. The highest BCUT2D eigenvalue weighted by Gasteiger charge is 2.18. The third-order valence-electron chi connectivity index (χ3n) is 2.15. The van der Waals surface area contributed by atoms with Gasteiger partial charge in [0, 0.05) is 0 Å². The molecule has 0 unspecified atom stereocenters. The van der Waals surface area contributed by atoms with E-state index in [0.29, 0.717) is 0 Å². The van der Waals surface area contributed by atoms with Crippen molar-refractivity contribution in [1.29, 1.82) is 0 Å². The van der Waals surface area contributed by atoms with Crippen LogP contribution in [0, 0.1) is 17.5 Å². The van der Waals surface area contributed by atoms with Crippen LogP contribution < -0.4 is 0 Å². The molecule has 0 saturated heterocycles. The second-order valence-electron chi connectivity index (χ2n) is 3.44. The Morgan fingerprint density at radius 2 is 2.00 bits per heavy atom. The van der Waals surface area contributed by atoms with Gasteiger partial charge in [0.15, 0.2) is 17.5 Å². The highest BCUT2D eigenvalue weighted by atomic mass is 19.2. The fourth-order valence-corrected chi connectivity index (χ4v) is 1.36.